The minimum Gasteiger partial charge on any atom is -0.508 e. The number of hydrogen-bond donors (Lipinski definition) is 2. The van der Waals surface area contributed by atoms with E-state index in [1.807, 2.05) is 0 Å². The first-order chi connectivity index (χ1) is 8.43. The van der Waals surface area contributed by atoms with Crippen LogP contribution in [0.2, 0.25) is 0 Å². The van der Waals surface area contributed by atoms with Gasteiger partial charge in [-0.3, -0.25) is 0 Å². The lowest BCUT2D eigenvalue weighted by atomic mass is 10.3. The maximum absolute atomic E-state index is 9.22. The van der Waals surface area contributed by atoms with Crippen LogP contribution in [0.1, 0.15) is 11.4 Å². The number of phenols is 1. The van der Waals surface area contributed by atoms with E-state index in [0.717, 1.165) is 0 Å². The molecular formula is C10H8Cl3N3O2. The second-order valence-electron chi connectivity index (χ2n) is 3.47. The summed E-state index contributed by atoms with van der Waals surface area (Å²) in [6.45, 7) is -0.388. The molecule has 0 aliphatic rings. The predicted octanol–water partition coefficient (Wildman–Crippen LogP) is 2.29. The highest BCUT2D eigenvalue weighted by Crippen LogP contribution is 2.40. The molecule has 0 saturated carbocycles. The largest absolute Gasteiger partial charge is 0.508 e. The quantitative estimate of drug-likeness (QED) is 0.835. The molecule has 2 N–H and O–H groups in total. The smallest absolute Gasteiger partial charge is 0.234 e. The molecule has 18 heavy (non-hydrogen) atoms. The Kier molecular flexibility index (Phi) is 3.68. The van der Waals surface area contributed by atoms with E-state index in [1.54, 1.807) is 12.1 Å². The van der Waals surface area contributed by atoms with Gasteiger partial charge in [0.2, 0.25) is 3.79 Å². The molecule has 1 aromatic heterocycles. The lowest BCUT2D eigenvalue weighted by Gasteiger charge is -2.14. The van der Waals surface area contributed by atoms with E-state index in [0.29, 0.717) is 5.69 Å². The lowest BCUT2D eigenvalue weighted by molar-refractivity contribution is 0.275. The molecule has 0 fully saturated rings. The van der Waals surface area contributed by atoms with Crippen molar-refractivity contribution in [3.05, 3.63) is 35.7 Å². The summed E-state index contributed by atoms with van der Waals surface area (Å²) in [5.74, 6) is 0.108. The maximum atomic E-state index is 9.22. The minimum absolute atomic E-state index is 0.108. The highest BCUT2D eigenvalue weighted by Gasteiger charge is 2.32. The summed E-state index contributed by atoms with van der Waals surface area (Å²) in [6.07, 6.45) is 0. The molecule has 0 amide bonds. The average Bonchev–Trinajstić information content (AvgIpc) is 2.73. The number of alkyl halides is 3. The molecule has 0 radical (unpaired) electrons. The van der Waals surface area contributed by atoms with Gasteiger partial charge < -0.3 is 10.2 Å². The normalized spacial score (nSPS) is 11.8. The van der Waals surface area contributed by atoms with Crippen LogP contribution in [0.4, 0.5) is 0 Å². The number of benzene rings is 1. The first-order valence-electron chi connectivity index (χ1n) is 4.85. The SMILES string of the molecule is OCc1nnn(-c2ccc(O)cc2)c1C(Cl)(Cl)Cl. The number of halogens is 3. The van der Waals surface area contributed by atoms with Crippen molar-refractivity contribution in [3.8, 4) is 11.4 Å². The Morgan fingerprint density at radius 1 is 1.17 bits per heavy atom. The van der Waals surface area contributed by atoms with Crippen LogP contribution in [0.25, 0.3) is 5.69 Å². The van der Waals surface area contributed by atoms with Gasteiger partial charge in [0, 0.05) is 0 Å². The van der Waals surface area contributed by atoms with E-state index >= 15 is 0 Å². The molecular weight excluding hydrogens is 300 g/mol. The van der Waals surface area contributed by atoms with Crippen molar-refractivity contribution in [3.63, 3.8) is 0 Å². The van der Waals surface area contributed by atoms with Crippen molar-refractivity contribution in [2.24, 2.45) is 0 Å². The molecule has 96 valence electrons. The first-order valence-corrected chi connectivity index (χ1v) is 5.99. The molecule has 1 aromatic carbocycles. The van der Waals surface area contributed by atoms with Gasteiger partial charge in [0.15, 0.2) is 0 Å². The van der Waals surface area contributed by atoms with Gasteiger partial charge in [-0.15, -0.1) is 5.10 Å². The fourth-order valence-corrected chi connectivity index (χ4v) is 2.05. The number of nitrogens with zero attached hydrogens (tertiary/aromatic N) is 3. The van der Waals surface area contributed by atoms with Crippen molar-refractivity contribution >= 4 is 34.8 Å². The van der Waals surface area contributed by atoms with E-state index in [1.165, 1.54) is 16.8 Å². The molecule has 2 rings (SSSR count). The zero-order valence-corrected chi connectivity index (χ0v) is 11.2. The molecule has 0 aliphatic carbocycles. The fourth-order valence-electron chi connectivity index (χ4n) is 1.48. The van der Waals surface area contributed by atoms with Gasteiger partial charge in [-0.05, 0) is 24.3 Å². The van der Waals surface area contributed by atoms with E-state index in [2.05, 4.69) is 10.3 Å². The summed E-state index contributed by atoms with van der Waals surface area (Å²) < 4.78 is -0.461. The van der Waals surface area contributed by atoms with Crippen molar-refractivity contribution in [2.45, 2.75) is 10.4 Å². The molecule has 8 heteroatoms. The zero-order chi connectivity index (χ0) is 13.3. The topological polar surface area (TPSA) is 71.2 Å². The van der Waals surface area contributed by atoms with Crippen LogP contribution in [0, 0.1) is 0 Å². The summed E-state index contributed by atoms with van der Waals surface area (Å²) in [7, 11) is 0. The summed E-state index contributed by atoms with van der Waals surface area (Å²) in [5.41, 5.74) is 0.907. The number of aliphatic hydroxyl groups excluding tert-OH is 1. The molecule has 0 atom stereocenters. The van der Waals surface area contributed by atoms with Crippen LogP contribution in [-0.4, -0.2) is 25.2 Å². The number of rotatable bonds is 2. The average molecular weight is 309 g/mol. The van der Waals surface area contributed by atoms with Gasteiger partial charge in [-0.2, -0.15) is 0 Å². The highest BCUT2D eigenvalue weighted by molar-refractivity contribution is 6.66. The number of hydrogen-bond acceptors (Lipinski definition) is 4. The van der Waals surface area contributed by atoms with E-state index in [-0.39, 0.29) is 23.7 Å². The lowest BCUT2D eigenvalue weighted by Crippen LogP contribution is -2.12. The van der Waals surface area contributed by atoms with Crippen LogP contribution >= 0.6 is 34.8 Å². The molecule has 0 saturated heterocycles. The highest BCUT2D eigenvalue weighted by atomic mass is 35.6. The standard InChI is InChI=1S/C10H8Cl3N3O2/c11-10(12,13)9-8(5-17)14-15-16(9)6-1-3-7(18)4-2-6/h1-4,17-18H,5H2. The van der Waals surface area contributed by atoms with Crippen molar-refractivity contribution in [2.75, 3.05) is 0 Å². The monoisotopic (exact) mass is 307 g/mol. The summed E-state index contributed by atoms with van der Waals surface area (Å²) >= 11 is 17.5. The van der Waals surface area contributed by atoms with Crippen molar-refractivity contribution in [1.29, 1.82) is 0 Å². The van der Waals surface area contributed by atoms with Gasteiger partial charge >= 0.3 is 0 Å². The zero-order valence-electron chi connectivity index (χ0n) is 8.89. The third-order valence-electron chi connectivity index (χ3n) is 2.25. The third-order valence-corrected chi connectivity index (χ3v) is 2.79. The van der Waals surface area contributed by atoms with Gasteiger partial charge in [-0.25, -0.2) is 4.68 Å². The minimum atomic E-state index is -1.76. The van der Waals surface area contributed by atoms with E-state index in [9.17, 15) is 5.11 Å². The van der Waals surface area contributed by atoms with Gasteiger partial charge in [0.1, 0.15) is 17.1 Å². The number of aromatic hydroxyl groups is 1. The van der Waals surface area contributed by atoms with Crippen LogP contribution in [0.5, 0.6) is 5.75 Å². The predicted molar refractivity (Wildman–Crippen MR) is 68.2 cm³/mol. The summed E-state index contributed by atoms with van der Waals surface area (Å²) in [6, 6.07) is 6.12. The summed E-state index contributed by atoms with van der Waals surface area (Å²) in [4.78, 5) is 0. The van der Waals surface area contributed by atoms with Gasteiger partial charge in [-0.1, -0.05) is 40.0 Å². The Hall–Kier alpha value is -1.01. The fraction of sp³-hybridized carbons (Fsp3) is 0.200. The molecule has 2 aromatic rings. The van der Waals surface area contributed by atoms with Crippen LogP contribution in [0.3, 0.4) is 0 Å². The number of aromatic nitrogens is 3. The molecule has 0 unspecified atom stereocenters. The molecule has 0 bridgehead atoms. The Morgan fingerprint density at radius 2 is 1.78 bits per heavy atom. The molecule has 0 spiro atoms. The Morgan fingerprint density at radius 3 is 2.28 bits per heavy atom. The Balaban J connectivity index is 2.58. The Bertz CT molecular complexity index is 548. The molecule has 5 nitrogen and oxygen atoms in total. The van der Waals surface area contributed by atoms with Crippen LogP contribution in [-0.2, 0) is 10.4 Å². The number of aliphatic hydroxyl groups is 1. The van der Waals surface area contributed by atoms with E-state index in [4.69, 9.17) is 39.9 Å². The van der Waals surface area contributed by atoms with Crippen LogP contribution < -0.4 is 0 Å². The third kappa shape index (κ3) is 2.54. The first kappa shape index (κ1) is 13.4. The number of phenolic OH excluding ortho intramolecular Hbond substituents is 1. The molecule has 1 heterocycles. The van der Waals surface area contributed by atoms with Crippen LogP contribution in [0.15, 0.2) is 24.3 Å². The second-order valence-corrected chi connectivity index (χ2v) is 5.75. The summed E-state index contributed by atoms with van der Waals surface area (Å²) in [5, 5.41) is 25.9. The van der Waals surface area contributed by atoms with Gasteiger partial charge in [0.25, 0.3) is 0 Å². The van der Waals surface area contributed by atoms with Gasteiger partial charge in [0.05, 0.1) is 12.3 Å². The Labute approximate surface area is 118 Å². The molecule has 0 aliphatic heterocycles. The van der Waals surface area contributed by atoms with Crippen molar-refractivity contribution < 1.29 is 10.2 Å². The maximum Gasteiger partial charge on any atom is 0.234 e. The second kappa shape index (κ2) is 4.93. The van der Waals surface area contributed by atoms with Crippen molar-refractivity contribution in [1.82, 2.24) is 15.0 Å². The van der Waals surface area contributed by atoms with E-state index < -0.39 is 3.79 Å².